The van der Waals surface area contributed by atoms with Crippen molar-refractivity contribution in [2.75, 3.05) is 26.4 Å². The normalized spacial score (nSPS) is 14.8. The number of carbonyl (C=O) groups excluding carboxylic acids is 1. The summed E-state index contributed by atoms with van der Waals surface area (Å²) in [6.45, 7) is 6.37. The van der Waals surface area contributed by atoms with Crippen molar-refractivity contribution >= 4 is 5.97 Å². The third kappa shape index (κ3) is 9.40. The molecule has 1 rings (SSSR count). The van der Waals surface area contributed by atoms with Gasteiger partial charge >= 0.3 is 5.97 Å². The molecule has 0 atom stereocenters. The third-order valence-electron chi connectivity index (χ3n) is 1.46. The Morgan fingerprint density at radius 2 is 1.93 bits per heavy atom. The van der Waals surface area contributed by atoms with Crippen molar-refractivity contribution in [3.05, 3.63) is 12.2 Å². The molecule has 1 aliphatic rings. The van der Waals surface area contributed by atoms with Gasteiger partial charge in [-0.25, -0.2) is 14.6 Å². The molecule has 15 heavy (non-hydrogen) atoms. The molecule has 1 fully saturated rings. The van der Waals surface area contributed by atoms with E-state index in [1.807, 2.05) is 0 Å². The van der Waals surface area contributed by atoms with Gasteiger partial charge < -0.3 is 9.84 Å². The molecule has 0 aromatic heterocycles. The van der Waals surface area contributed by atoms with E-state index in [9.17, 15) is 4.79 Å². The van der Waals surface area contributed by atoms with E-state index >= 15 is 0 Å². The van der Waals surface area contributed by atoms with Crippen LogP contribution in [-0.4, -0.2) is 37.5 Å². The Balaban J connectivity index is 0.000000280. The van der Waals surface area contributed by atoms with E-state index in [4.69, 9.17) is 5.11 Å². The molecular formula is C10H18O5. The molecular weight excluding hydrogens is 200 g/mol. The van der Waals surface area contributed by atoms with E-state index < -0.39 is 5.97 Å². The largest absolute Gasteiger partial charge is 0.460 e. The maximum Gasteiger partial charge on any atom is 0.333 e. The van der Waals surface area contributed by atoms with Gasteiger partial charge in [-0.2, -0.15) is 0 Å². The highest BCUT2D eigenvalue weighted by molar-refractivity contribution is 5.86. The number of hydrogen-bond acceptors (Lipinski definition) is 5. The van der Waals surface area contributed by atoms with Crippen molar-refractivity contribution in [3.8, 4) is 0 Å². The summed E-state index contributed by atoms with van der Waals surface area (Å²) >= 11 is 0. The van der Waals surface area contributed by atoms with Crippen molar-refractivity contribution in [1.82, 2.24) is 0 Å². The SMILES string of the molecule is C1CCOOC1.C=C(C)C(=O)OCCO. The van der Waals surface area contributed by atoms with E-state index in [-0.39, 0.29) is 13.2 Å². The second-order valence-electron chi connectivity index (χ2n) is 2.99. The number of aliphatic hydroxyl groups excluding tert-OH is 1. The van der Waals surface area contributed by atoms with Gasteiger partial charge in [-0.05, 0) is 19.8 Å². The van der Waals surface area contributed by atoms with E-state index in [2.05, 4.69) is 21.1 Å². The van der Waals surface area contributed by atoms with Crippen molar-refractivity contribution in [3.63, 3.8) is 0 Å². The lowest BCUT2D eigenvalue weighted by molar-refractivity contribution is -0.312. The summed E-state index contributed by atoms with van der Waals surface area (Å²) in [6.07, 6.45) is 2.31. The first-order valence-corrected chi connectivity index (χ1v) is 4.86. The molecule has 0 saturated carbocycles. The van der Waals surface area contributed by atoms with E-state index in [0.29, 0.717) is 5.57 Å². The molecule has 1 N–H and O–H groups in total. The summed E-state index contributed by atoms with van der Waals surface area (Å²) in [4.78, 5) is 19.6. The highest BCUT2D eigenvalue weighted by Gasteiger charge is 1.99. The van der Waals surface area contributed by atoms with Gasteiger partial charge in [0.25, 0.3) is 0 Å². The molecule has 0 aliphatic carbocycles. The fourth-order valence-corrected chi connectivity index (χ4v) is 0.701. The lowest BCUT2D eigenvalue weighted by atomic mass is 10.3. The minimum atomic E-state index is -0.455. The Morgan fingerprint density at radius 1 is 1.40 bits per heavy atom. The Kier molecular flexibility index (Phi) is 9.05. The maximum absolute atomic E-state index is 10.5. The van der Waals surface area contributed by atoms with E-state index in [1.165, 1.54) is 0 Å². The van der Waals surface area contributed by atoms with Crippen LogP contribution < -0.4 is 0 Å². The highest BCUT2D eigenvalue weighted by Crippen LogP contribution is 1.97. The van der Waals surface area contributed by atoms with Gasteiger partial charge in [-0.3, -0.25) is 0 Å². The number of hydrogen-bond donors (Lipinski definition) is 1. The topological polar surface area (TPSA) is 65.0 Å². The standard InChI is InChI=1S/C6H10O3.C4H8O2/c1-5(2)6(8)9-4-3-7;1-2-4-6-5-3-1/h7H,1,3-4H2,2H3;1-4H2. The summed E-state index contributed by atoms with van der Waals surface area (Å²) in [5.74, 6) is -0.455. The monoisotopic (exact) mass is 218 g/mol. The van der Waals surface area contributed by atoms with Gasteiger partial charge in [-0.1, -0.05) is 6.58 Å². The summed E-state index contributed by atoms with van der Waals surface area (Å²) in [6, 6.07) is 0. The molecule has 0 amide bonds. The molecule has 0 aromatic rings. The lowest BCUT2D eigenvalue weighted by Crippen LogP contribution is -2.08. The molecule has 1 aliphatic heterocycles. The van der Waals surface area contributed by atoms with Gasteiger partial charge in [0, 0.05) is 5.57 Å². The van der Waals surface area contributed by atoms with Gasteiger partial charge in [0.2, 0.25) is 0 Å². The molecule has 0 bridgehead atoms. The average molecular weight is 218 g/mol. The molecule has 0 radical (unpaired) electrons. The highest BCUT2D eigenvalue weighted by atomic mass is 17.2. The second kappa shape index (κ2) is 9.64. The van der Waals surface area contributed by atoms with E-state index in [0.717, 1.165) is 26.1 Å². The number of ether oxygens (including phenoxy) is 1. The van der Waals surface area contributed by atoms with Crippen LogP contribution in [0, 0.1) is 0 Å². The van der Waals surface area contributed by atoms with Crippen LogP contribution in [0.5, 0.6) is 0 Å². The number of aliphatic hydroxyl groups is 1. The van der Waals surface area contributed by atoms with Crippen LogP contribution in [0.25, 0.3) is 0 Å². The quantitative estimate of drug-likeness (QED) is 0.432. The van der Waals surface area contributed by atoms with Gasteiger partial charge in [0.1, 0.15) is 6.61 Å². The molecule has 0 unspecified atom stereocenters. The fourth-order valence-electron chi connectivity index (χ4n) is 0.701. The third-order valence-corrected chi connectivity index (χ3v) is 1.46. The van der Waals surface area contributed by atoms with Gasteiger partial charge in [0.15, 0.2) is 0 Å². The summed E-state index contributed by atoms with van der Waals surface area (Å²) in [5, 5.41) is 8.19. The Bertz CT molecular complexity index is 175. The van der Waals surface area contributed by atoms with E-state index in [1.54, 1.807) is 6.92 Å². The van der Waals surface area contributed by atoms with Crippen LogP contribution >= 0.6 is 0 Å². The van der Waals surface area contributed by atoms with Crippen LogP contribution in [0.4, 0.5) is 0 Å². The predicted octanol–water partition coefficient (Wildman–Crippen LogP) is 0.826. The summed E-state index contributed by atoms with van der Waals surface area (Å²) in [7, 11) is 0. The van der Waals surface area contributed by atoms with Crippen LogP contribution in [0.2, 0.25) is 0 Å². The van der Waals surface area contributed by atoms with Crippen molar-refractivity contribution in [2.24, 2.45) is 0 Å². The van der Waals surface area contributed by atoms with Crippen LogP contribution in [0.3, 0.4) is 0 Å². The maximum atomic E-state index is 10.5. The molecule has 88 valence electrons. The first kappa shape index (κ1) is 14.1. The Morgan fingerprint density at radius 3 is 2.20 bits per heavy atom. The Labute approximate surface area is 89.6 Å². The summed E-state index contributed by atoms with van der Waals surface area (Å²) in [5.41, 5.74) is 0.350. The minimum Gasteiger partial charge on any atom is -0.460 e. The summed E-state index contributed by atoms with van der Waals surface area (Å²) < 4.78 is 4.46. The first-order chi connectivity index (χ1) is 7.18. The molecule has 5 heteroatoms. The number of rotatable bonds is 3. The van der Waals surface area contributed by atoms with Crippen LogP contribution in [-0.2, 0) is 19.3 Å². The van der Waals surface area contributed by atoms with Gasteiger partial charge in [0.05, 0.1) is 19.8 Å². The average Bonchev–Trinajstić information content (AvgIpc) is 2.29. The molecule has 1 heterocycles. The molecule has 0 aromatic carbocycles. The van der Waals surface area contributed by atoms with Crippen LogP contribution in [0.1, 0.15) is 19.8 Å². The lowest BCUT2D eigenvalue weighted by Gasteiger charge is -2.07. The van der Waals surface area contributed by atoms with Crippen molar-refractivity contribution < 1.29 is 24.4 Å². The smallest absolute Gasteiger partial charge is 0.333 e. The van der Waals surface area contributed by atoms with Crippen LogP contribution in [0.15, 0.2) is 12.2 Å². The molecule has 0 spiro atoms. The Hall–Kier alpha value is -0.910. The zero-order valence-corrected chi connectivity index (χ0v) is 9.03. The zero-order chi connectivity index (χ0) is 11.5. The second-order valence-corrected chi connectivity index (χ2v) is 2.99. The minimum absolute atomic E-state index is 0.0473. The zero-order valence-electron chi connectivity index (χ0n) is 9.03. The fraction of sp³-hybridized carbons (Fsp3) is 0.700. The molecule has 1 saturated heterocycles. The number of esters is 1. The van der Waals surface area contributed by atoms with Crippen molar-refractivity contribution in [2.45, 2.75) is 19.8 Å². The first-order valence-electron chi connectivity index (χ1n) is 4.86. The molecule has 5 nitrogen and oxygen atoms in total. The van der Waals surface area contributed by atoms with Crippen molar-refractivity contribution in [1.29, 1.82) is 0 Å². The predicted molar refractivity (Wildman–Crippen MR) is 54.0 cm³/mol. The van der Waals surface area contributed by atoms with Gasteiger partial charge in [-0.15, -0.1) is 0 Å². The number of carbonyl (C=O) groups is 1.